The molecular weight excluding hydrogens is 354 g/mol. The minimum atomic E-state index is -0.185. The average Bonchev–Trinajstić information content (AvgIpc) is 3.23. The van der Waals surface area contributed by atoms with Crippen LogP contribution < -0.4 is 14.8 Å². The second-order valence-corrected chi connectivity index (χ2v) is 6.42. The summed E-state index contributed by atoms with van der Waals surface area (Å²) in [6.45, 7) is 3.24. The Morgan fingerprint density at radius 3 is 2.71 bits per heavy atom. The number of ether oxygens (including phenoxy) is 2. The molecule has 0 aliphatic carbocycles. The van der Waals surface area contributed by atoms with E-state index in [1.807, 2.05) is 48.5 Å². The molecule has 1 heterocycles. The van der Waals surface area contributed by atoms with E-state index in [9.17, 15) is 4.79 Å². The number of amides is 1. The van der Waals surface area contributed by atoms with E-state index in [0.717, 1.165) is 35.5 Å². The zero-order valence-electron chi connectivity index (χ0n) is 16.2. The van der Waals surface area contributed by atoms with E-state index in [4.69, 9.17) is 9.47 Å². The first-order valence-electron chi connectivity index (χ1n) is 9.39. The van der Waals surface area contributed by atoms with Crippen LogP contribution in [0.1, 0.15) is 35.7 Å². The number of carbonyl (C=O) groups is 1. The van der Waals surface area contributed by atoms with Gasteiger partial charge in [0.05, 0.1) is 31.2 Å². The van der Waals surface area contributed by atoms with Crippen molar-refractivity contribution in [1.82, 2.24) is 15.5 Å². The van der Waals surface area contributed by atoms with Gasteiger partial charge in [0.25, 0.3) is 5.91 Å². The molecule has 6 heteroatoms. The van der Waals surface area contributed by atoms with Crippen molar-refractivity contribution in [3.05, 3.63) is 65.9 Å². The predicted octanol–water partition coefficient (Wildman–Crippen LogP) is 4.19. The number of rotatable bonds is 9. The van der Waals surface area contributed by atoms with Gasteiger partial charge < -0.3 is 14.8 Å². The summed E-state index contributed by atoms with van der Waals surface area (Å²) in [4.78, 5) is 12.6. The van der Waals surface area contributed by atoms with Crippen molar-refractivity contribution >= 4 is 5.91 Å². The second-order valence-electron chi connectivity index (χ2n) is 6.42. The maximum atomic E-state index is 12.6. The number of hydrogen-bond acceptors (Lipinski definition) is 4. The largest absolute Gasteiger partial charge is 0.497 e. The molecule has 3 aromatic rings. The molecule has 6 nitrogen and oxygen atoms in total. The molecule has 2 aromatic carbocycles. The summed E-state index contributed by atoms with van der Waals surface area (Å²) >= 11 is 0. The molecule has 0 unspecified atom stereocenters. The van der Waals surface area contributed by atoms with Crippen LogP contribution in [0.4, 0.5) is 0 Å². The number of aromatic amines is 1. The van der Waals surface area contributed by atoms with Crippen molar-refractivity contribution in [3.8, 4) is 22.8 Å². The van der Waals surface area contributed by atoms with Crippen molar-refractivity contribution < 1.29 is 14.3 Å². The third kappa shape index (κ3) is 4.91. The highest BCUT2D eigenvalue weighted by atomic mass is 16.5. The summed E-state index contributed by atoms with van der Waals surface area (Å²) in [6.07, 6.45) is 3.67. The number of nitrogens with zero attached hydrogens (tertiary/aromatic N) is 1. The number of benzene rings is 2. The van der Waals surface area contributed by atoms with Crippen molar-refractivity contribution in [1.29, 1.82) is 0 Å². The van der Waals surface area contributed by atoms with Gasteiger partial charge >= 0.3 is 0 Å². The molecule has 2 N–H and O–H groups in total. The maximum absolute atomic E-state index is 12.6. The fraction of sp³-hybridized carbons (Fsp3) is 0.273. The van der Waals surface area contributed by atoms with Crippen molar-refractivity contribution in [2.75, 3.05) is 13.7 Å². The van der Waals surface area contributed by atoms with Gasteiger partial charge in [-0.25, -0.2) is 0 Å². The lowest BCUT2D eigenvalue weighted by Crippen LogP contribution is -2.23. The van der Waals surface area contributed by atoms with E-state index in [1.54, 1.807) is 13.3 Å². The summed E-state index contributed by atoms with van der Waals surface area (Å²) < 4.78 is 10.9. The molecule has 0 spiro atoms. The number of nitrogens with one attached hydrogen (secondary N) is 2. The lowest BCUT2D eigenvalue weighted by molar-refractivity contribution is 0.0951. The number of hydrogen-bond donors (Lipinski definition) is 2. The first kappa shape index (κ1) is 19.5. The third-order valence-corrected chi connectivity index (χ3v) is 4.38. The quantitative estimate of drug-likeness (QED) is 0.547. The average molecular weight is 379 g/mol. The number of methoxy groups -OCH3 is 1. The fourth-order valence-electron chi connectivity index (χ4n) is 2.79. The maximum Gasteiger partial charge on any atom is 0.255 e. The van der Waals surface area contributed by atoms with Gasteiger partial charge in [-0.1, -0.05) is 25.5 Å². The fourth-order valence-corrected chi connectivity index (χ4v) is 2.79. The summed E-state index contributed by atoms with van der Waals surface area (Å²) in [5, 5.41) is 9.90. The van der Waals surface area contributed by atoms with Crippen LogP contribution in [-0.4, -0.2) is 29.8 Å². The molecule has 0 saturated carbocycles. The van der Waals surface area contributed by atoms with Crippen LogP contribution in [0.5, 0.6) is 11.5 Å². The smallest absolute Gasteiger partial charge is 0.255 e. The van der Waals surface area contributed by atoms with Crippen LogP contribution in [-0.2, 0) is 6.54 Å². The Morgan fingerprint density at radius 1 is 1.14 bits per heavy atom. The Balaban J connectivity index is 1.66. The zero-order valence-corrected chi connectivity index (χ0v) is 16.2. The topological polar surface area (TPSA) is 76.2 Å². The molecule has 0 aliphatic heterocycles. The monoisotopic (exact) mass is 379 g/mol. The molecular formula is C22H25N3O3. The Hall–Kier alpha value is -3.28. The van der Waals surface area contributed by atoms with Crippen molar-refractivity contribution in [3.63, 3.8) is 0 Å². The van der Waals surface area contributed by atoms with E-state index >= 15 is 0 Å². The third-order valence-electron chi connectivity index (χ3n) is 4.38. The van der Waals surface area contributed by atoms with Crippen LogP contribution >= 0.6 is 0 Å². The van der Waals surface area contributed by atoms with Crippen molar-refractivity contribution in [2.24, 2.45) is 0 Å². The van der Waals surface area contributed by atoms with Gasteiger partial charge in [-0.3, -0.25) is 9.89 Å². The van der Waals surface area contributed by atoms with Crippen LogP contribution in [0.3, 0.4) is 0 Å². The predicted molar refractivity (Wildman–Crippen MR) is 109 cm³/mol. The molecule has 0 radical (unpaired) electrons. The van der Waals surface area contributed by atoms with Crippen LogP contribution in [0.25, 0.3) is 11.3 Å². The van der Waals surface area contributed by atoms with Crippen molar-refractivity contribution in [2.45, 2.75) is 26.3 Å². The van der Waals surface area contributed by atoms with Gasteiger partial charge in [-0.2, -0.15) is 5.10 Å². The van der Waals surface area contributed by atoms with E-state index in [1.165, 1.54) is 0 Å². The second kappa shape index (κ2) is 9.60. The normalized spacial score (nSPS) is 10.5. The van der Waals surface area contributed by atoms with Crippen LogP contribution in [0, 0.1) is 0 Å². The van der Waals surface area contributed by atoms with Gasteiger partial charge in [-0.15, -0.1) is 0 Å². The first-order valence-corrected chi connectivity index (χ1v) is 9.39. The number of H-pyrrole nitrogens is 1. The summed E-state index contributed by atoms with van der Waals surface area (Å²) in [7, 11) is 1.62. The summed E-state index contributed by atoms with van der Waals surface area (Å²) in [5.41, 5.74) is 3.03. The summed E-state index contributed by atoms with van der Waals surface area (Å²) in [6, 6.07) is 15.3. The van der Waals surface area contributed by atoms with E-state index in [-0.39, 0.29) is 5.91 Å². The highest BCUT2D eigenvalue weighted by Crippen LogP contribution is 2.24. The lowest BCUT2D eigenvalue weighted by Gasteiger charge is -2.08. The van der Waals surface area contributed by atoms with E-state index in [2.05, 4.69) is 22.4 Å². The van der Waals surface area contributed by atoms with Gasteiger partial charge in [0.15, 0.2) is 0 Å². The van der Waals surface area contributed by atoms with E-state index < -0.39 is 0 Å². The van der Waals surface area contributed by atoms with Crippen LogP contribution in [0.15, 0.2) is 54.7 Å². The molecule has 0 atom stereocenters. The van der Waals surface area contributed by atoms with Gasteiger partial charge in [0, 0.05) is 12.1 Å². The Bertz CT molecular complexity index is 903. The first-order chi connectivity index (χ1) is 13.7. The zero-order chi connectivity index (χ0) is 19.8. The minimum absolute atomic E-state index is 0.185. The number of unbranched alkanes of at least 4 members (excludes halogenated alkanes) is 1. The Kier molecular flexibility index (Phi) is 6.68. The number of aromatic nitrogens is 2. The standard InChI is InChI=1S/C22H25N3O3/c1-3-4-12-28-18-10-8-17(9-11-18)21-20(15-24-25-21)22(26)23-14-16-6-5-7-19(13-16)27-2/h5-11,13,15H,3-4,12,14H2,1-2H3,(H,23,26)(H,24,25). The highest BCUT2D eigenvalue weighted by Gasteiger charge is 2.15. The molecule has 0 aliphatic rings. The molecule has 0 saturated heterocycles. The van der Waals surface area contributed by atoms with E-state index in [0.29, 0.717) is 24.4 Å². The molecule has 28 heavy (non-hydrogen) atoms. The van der Waals surface area contributed by atoms with Crippen LogP contribution in [0.2, 0.25) is 0 Å². The number of carbonyl (C=O) groups excluding carboxylic acids is 1. The van der Waals surface area contributed by atoms with Gasteiger partial charge in [0.2, 0.25) is 0 Å². The van der Waals surface area contributed by atoms with Gasteiger partial charge in [0.1, 0.15) is 11.5 Å². The summed E-state index contributed by atoms with van der Waals surface area (Å²) in [5.74, 6) is 1.40. The SMILES string of the molecule is CCCCOc1ccc(-c2[nH]ncc2C(=O)NCc2cccc(OC)c2)cc1. The molecule has 3 rings (SSSR count). The molecule has 0 bridgehead atoms. The molecule has 1 aromatic heterocycles. The highest BCUT2D eigenvalue weighted by molar-refractivity contribution is 5.99. The minimum Gasteiger partial charge on any atom is -0.497 e. The molecule has 1 amide bonds. The molecule has 146 valence electrons. The Morgan fingerprint density at radius 2 is 1.96 bits per heavy atom. The van der Waals surface area contributed by atoms with Gasteiger partial charge in [-0.05, 0) is 48.4 Å². The lowest BCUT2D eigenvalue weighted by atomic mass is 10.1. The Labute approximate surface area is 164 Å². The molecule has 0 fully saturated rings.